The van der Waals surface area contributed by atoms with E-state index in [-0.39, 0.29) is 11.1 Å². The minimum absolute atomic E-state index is 0.144. The second-order valence-corrected chi connectivity index (χ2v) is 5.76. The lowest BCUT2D eigenvalue weighted by atomic mass is 10.1. The third kappa shape index (κ3) is 2.63. The number of para-hydroxylation sites is 1. The predicted octanol–water partition coefficient (Wildman–Crippen LogP) is 2.77. The number of carbonyl (C=O) groups excluding carboxylic acids is 1. The summed E-state index contributed by atoms with van der Waals surface area (Å²) in [7, 11) is 0. The second-order valence-electron chi connectivity index (χ2n) is 5.76. The fourth-order valence-electron chi connectivity index (χ4n) is 2.89. The number of pyridine rings is 1. The number of fused-ring (bicyclic) bond motifs is 1. The van der Waals surface area contributed by atoms with Crippen LogP contribution in [-0.2, 0) is 6.54 Å². The van der Waals surface area contributed by atoms with E-state index in [1.54, 1.807) is 13.0 Å². The van der Waals surface area contributed by atoms with Crippen LogP contribution in [0.15, 0.2) is 53.3 Å². The highest BCUT2D eigenvalue weighted by Gasteiger charge is 2.17. The van der Waals surface area contributed by atoms with E-state index in [2.05, 4.69) is 0 Å². The number of carbonyl (C=O) groups is 1. The summed E-state index contributed by atoms with van der Waals surface area (Å²) in [6.07, 6.45) is 0. The van der Waals surface area contributed by atoms with Gasteiger partial charge in [0, 0.05) is 17.5 Å². The summed E-state index contributed by atoms with van der Waals surface area (Å²) >= 11 is 0. The summed E-state index contributed by atoms with van der Waals surface area (Å²) in [5.74, 6) is -0.586. The predicted molar refractivity (Wildman–Crippen MR) is 91.7 cm³/mol. The second kappa shape index (κ2) is 5.72. The number of hydrogen-bond donors (Lipinski definition) is 1. The first-order chi connectivity index (χ1) is 11.0. The quantitative estimate of drug-likeness (QED) is 0.808. The zero-order chi connectivity index (χ0) is 16.6. The number of hydrogen-bond acceptors (Lipinski definition) is 2. The first-order valence-electron chi connectivity index (χ1n) is 7.46. The summed E-state index contributed by atoms with van der Waals surface area (Å²) < 4.78 is 1.83. The molecule has 0 radical (unpaired) electrons. The smallest absolute Gasteiger partial charge is 0.265 e. The minimum atomic E-state index is -0.586. The Morgan fingerprint density at radius 3 is 2.35 bits per heavy atom. The SMILES string of the molecule is Cc1ccc(Cn2c(C(N)=O)c(C)c(=O)c3ccccc32)cc1. The molecule has 2 N–H and O–H groups in total. The van der Waals surface area contributed by atoms with E-state index >= 15 is 0 Å². The van der Waals surface area contributed by atoms with Crippen LogP contribution in [0.4, 0.5) is 0 Å². The molecule has 1 amide bonds. The largest absolute Gasteiger partial charge is 0.364 e. The molecule has 2 aromatic carbocycles. The fourth-order valence-corrected chi connectivity index (χ4v) is 2.89. The molecule has 0 fully saturated rings. The standard InChI is InChI=1S/C19H18N2O2/c1-12-7-9-14(10-8-12)11-21-16-6-4-3-5-15(16)18(22)13(2)17(21)19(20)23/h3-10H,11H2,1-2H3,(H2,20,23). The van der Waals surface area contributed by atoms with Gasteiger partial charge in [-0.1, -0.05) is 42.0 Å². The summed E-state index contributed by atoms with van der Waals surface area (Å²) in [4.78, 5) is 24.4. The molecular formula is C19H18N2O2. The minimum Gasteiger partial charge on any atom is -0.364 e. The van der Waals surface area contributed by atoms with E-state index in [0.29, 0.717) is 17.5 Å². The molecule has 1 aromatic heterocycles. The Hall–Kier alpha value is -2.88. The van der Waals surface area contributed by atoms with Gasteiger partial charge in [-0.25, -0.2) is 0 Å². The van der Waals surface area contributed by atoms with E-state index in [4.69, 9.17) is 5.73 Å². The van der Waals surface area contributed by atoms with E-state index in [1.807, 2.05) is 54.0 Å². The number of aromatic nitrogens is 1. The number of rotatable bonds is 3. The Labute approximate surface area is 134 Å². The van der Waals surface area contributed by atoms with Crippen LogP contribution in [0.2, 0.25) is 0 Å². The molecular weight excluding hydrogens is 288 g/mol. The van der Waals surface area contributed by atoms with E-state index in [9.17, 15) is 9.59 Å². The Bertz CT molecular complexity index is 954. The lowest BCUT2D eigenvalue weighted by Gasteiger charge is -2.17. The van der Waals surface area contributed by atoms with Crippen LogP contribution in [0, 0.1) is 13.8 Å². The van der Waals surface area contributed by atoms with E-state index in [0.717, 1.165) is 11.1 Å². The third-order valence-corrected chi connectivity index (χ3v) is 4.10. The fraction of sp³-hybridized carbons (Fsp3) is 0.158. The van der Waals surface area contributed by atoms with Crippen LogP contribution in [0.25, 0.3) is 10.9 Å². The van der Waals surface area contributed by atoms with Crippen LogP contribution in [-0.4, -0.2) is 10.5 Å². The van der Waals surface area contributed by atoms with Gasteiger partial charge in [-0.3, -0.25) is 9.59 Å². The molecule has 4 heteroatoms. The first kappa shape index (κ1) is 15.0. The van der Waals surface area contributed by atoms with Gasteiger partial charge >= 0.3 is 0 Å². The summed E-state index contributed by atoms with van der Waals surface area (Å²) in [6.45, 7) is 4.16. The highest BCUT2D eigenvalue weighted by atomic mass is 16.1. The van der Waals surface area contributed by atoms with Crippen molar-refractivity contribution in [2.45, 2.75) is 20.4 Å². The summed E-state index contributed by atoms with van der Waals surface area (Å²) in [6, 6.07) is 15.4. The van der Waals surface area contributed by atoms with Crippen LogP contribution < -0.4 is 11.2 Å². The number of nitrogens with two attached hydrogens (primary N) is 1. The van der Waals surface area contributed by atoms with Crippen LogP contribution in [0.3, 0.4) is 0 Å². The van der Waals surface area contributed by atoms with Gasteiger partial charge < -0.3 is 10.3 Å². The molecule has 0 aliphatic heterocycles. The van der Waals surface area contributed by atoms with Gasteiger partial charge in [0.15, 0.2) is 5.43 Å². The van der Waals surface area contributed by atoms with Crippen molar-refractivity contribution < 1.29 is 4.79 Å². The number of aryl methyl sites for hydroxylation is 1. The van der Waals surface area contributed by atoms with E-state index in [1.165, 1.54) is 5.56 Å². The molecule has 0 spiro atoms. The zero-order valence-electron chi connectivity index (χ0n) is 13.2. The highest BCUT2D eigenvalue weighted by Crippen LogP contribution is 2.18. The van der Waals surface area contributed by atoms with Gasteiger partial charge in [0.25, 0.3) is 5.91 Å². The van der Waals surface area contributed by atoms with Crippen molar-refractivity contribution in [2.75, 3.05) is 0 Å². The Balaban J connectivity index is 2.30. The molecule has 23 heavy (non-hydrogen) atoms. The average Bonchev–Trinajstić information content (AvgIpc) is 2.54. The van der Waals surface area contributed by atoms with Crippen molar-refractivity contribution in [1.82, 2.24) is 4.57 Å². The molecule has 3 aromatic rings. The van der Waals surface area contributed by atoms with Gasteiger partial charge in [-0.2, -0.15) is 0 Å². The van der Waals surface area contributed by atoms with Gasteiger partial charge in [0.1, 0.15) is 5.69 Å². The third-order valence-electron chi connectivity index (χ3n) is 4.10. The molecule has 0 bridgehead atoms. The average molecular weight is 306 g/mol. The molecule has 0 saturated carbocycles. The summed E-state index contributed by atoms with van der Waals surface area (Å²) in [5, 5.41) is 0.599. The molecule has 4 nitrogen and oxygen atoms in total. The number of primary amides is 1. The maximum absolute atomic E-state index is 12.5. The molecule has 0 atom stereocenters. The van der Waals surface area contributed by atoms with Gasteiger partial charge in [0.2, 0.25) is 0 Å². The molecule has 0 aliphatic carbocycles. The summed E-state index contributed by atoms with van der Waals surface area (Å²) in [5.41, 5.74) is 9.01. The van der Waals surface area contributed by atoms with Crippen molar-refractivity contribution in [2.24, 2.45) is 5.73 Å². The topological polar surface area (TPSA) is 65.1 Å². The van der Waals surface area contributed by atoms with Crippen molar-refractivity contribution in [3.05, 3.63) is 81.1 Å². The lowest BCUT2D eigenvalue weighted by molar-refractivity contribution is 0.0991. The molecule has 1 heterocycles. The van der Waals surface area contributed by atoms with Crippen molar-refractivity contribution in [3.8, 4) is 0 Å². The molecule has 0 aliphatic rings. The van der Waals surface area contributed by atoms with Gasteiger partial charge in [-0.15, -0.1) is 0 Å². The zero-order valence-corrected chi connectivity index (χ0v) is 13.2. The van der Waals surface area contributed by atoms with Gasteiger partial charge in [-0.05, 0) is 31.5 Å². The van der Waals surface area contributed by atoms with E-state index < -0.39 is 5.91 Å². The van der Waals surface area contributed by atoms with Crippen LogP contribution in [0.5, 0.6) is 0 Å². The van der Waals surface area contributed by atoms with Crippen molar-refractivity contribution in [3.63, 3.8) is 0 Å². The normalized spacial score (nSPS) is 10.9. The Morgan fingerprint density at radius 2 is 1.70 bits per heavy atom. The molecule has 0 unspecified atom stereocenters. The highest BCUT2D eigenvalue weighted by molar-refractivity contribution is 5.96. The number of nitrogens with zero attached hydrogens (tertiary/aromatic N) is 1. The molecule has 116 valence electrons. The maximum Gasteiger partial charge on any atom is 0.265 e. The van der Waals surface area contributed by atoms with Crippen molar-refractivity contribution >= 4 is 16.8 Å². The van der Waals surface area contributed by atoms with Crippen molar-refractivity contribution in [1.29, 1.82) is 0 Å². The molecule has 3 rings (SSSR count). The Morgan fingerprint density at radius 1 is 1.04 bits per heavy atom. The Kier molecular flexibility index (Phi) is 3.74. The number of amides is 1. The van der Waals surface area contributed by atoms with Gasteiger partial charge in [0.05, 0.1) is 5.52 Å². The molecule has 0 saturated heterocycles. The first-order valence-corrected chi connectivity index (χ1v) is 7.46. The monoisotopic (exact) mass is 306 g/mol. The number of benzene rings is 2. The van der Waals surface area contributed by atoms with Crippen LogP contribution in [0.1, 0.15) is 27.2 Å². The van der Waals surface area contributed by atoms with Crippen LogP contribution >= 0.6 is 0 Å². The lowest BCUT2D eigenvalue weighted by Crippen LogP contribution is -2.26. The maximum atomic E-state index is 12.5.